The van der Waals surface area contributed by atoms with E-state index in [4.69, 9.17) is 15.5 Å². The van der Waals surface area contributed by atoms with E-state index in [1.165, 1.54) is 11.9 Å². The van der Waals surface area contributed by atoms with Gasteiger partial charge in [-0.1, -0.05) is 17.8 Å². The molecule has 3 N–H and O–H groups in total. The number of nitrogens with one attached hydrogen (secondary N) is 1. The first-order valence-electron chi connectivity index (χ1n) is 10.9. The summed E-state index contributed by atoms with van der Waals surface area (Å²) in [6.07, 6.45) is 8.59. The number of anilines is 1. The van der Waals surface area contributed by atoms with Gasteiger partial charge in [-0.05, 0) is 51.7 Å². The fraction of sp³-hybridized carbons (Fsp3) is 0.571. The lowest BCUT2D eigenvalue weighted by atomic mass is 9.93. The number of nitrogen functional groups attached to an aromatic ring is 1. The largest absolute Gasteiger partial charge is 0.382 e. The topological polar surface area (TPSA) is 125 Å². The van der Waals surface area contributed by atoms with E-state index in [9.17, 15) is 8.42 Å². The lowest BCUT2D eigenvalue weighted by Crippen LogP contribution is -2.31. The van der Waals surface area contributed by atoms with Gasteiger partial charge in [0, 0.05) is 30.5 Å². The van der Waals surface area contributed by atoms with Crippen LogP contribution in [0.15, 0.2) is 34.1 Å². The molecule has 0 saturated carbocycles. The molecule has 0 radical (unpaired) electrons. The second-order valence-corrected chi connectivity index (χ2v) is 11.8. The molecule has 174 valence electrons. The van der Waals surface area contributed by atoms with Crippen LogP contribution in [0.2, 0.25) is 0 Å². The van der Waals surface area contributed by atoms with Crippen LogP contribution < -0.4 is 10.5 Å². The molecule has 1 aliphatic heterocycles. The van der Waals surface area contributed by atoms with Crippen LogP contribution in [0.5, 0.6) is 0 Å². The van der Waals surface area contributed by atoms with Crippen molar-refractivity contribution in [2.45, 2.75) is 63.1 Å². The highest BCUT2D eigenvalue weighted by molar-refractivity contribution is 8.03. The fourth-order valence-corrected chi connectivity index (χ4v) is 5.68. The predicted octanol–water partition coefficient (Wildman–Crippen LogP) is 2.86. The Balaban J connectivity index is 1.51. The molecule has 1 fully saturated rings. The maximum Gasteiger partial charge on any atom is 0.213 e. The molecular formula is C21H30N6O3S2. The Morgan fingerprint density at radius 1 is 1.31 bits per heavy atom. The van der Waals surface area contributed by atoms with Crippen molar-refractivity contribution < 1.29 is 13.2 Å². The molecule has 32 heavy (non-hydrogen) atoms. The highest BCUT2D eigenvalue weighted by Gasteiger charge is 2.30. The summed E-state index contributed by atoms with van der Waals surface area (Å²) in [6, 6.07) is 0. The standard InChI is InChI=1S/C21H30N6O3S2/c1-13(2)32(28,29)25-7-4-5-8-27-20-18(19(22)23-12-24-20)26-21(27)31-17-11-16-15(6-9-30-16)10-14(17)3/h10-13,15-16,25H,4-9H2,1-3H3,(H2,22,23,24). The molecule has 2 unspecified atom stereocenters. The van der Waals surface area contributed by atoms with Gasteiger partial charge in [0.05, 0.1) is 11.4 Å². The first-order valence-corrected chi connectivity index (χ1v) is 13.3. The Morgan fingerprint density at radius 3 is 2.91 bits per heavy atom. The number of sulfonamides is 1. The Labute approximate surface area is 193 Å². The van der Waals surface area contributed by atoms with Gasteiger partial charge in [-0.25, -0.2) is 28.1 Å². The van der Waals surface area contributed by atoms with Crippen molar-refractivity contribution in [3.8, 4) is 0 Å². The van der Waals surface area contributed by atoms with Gasteiger partial charge in [0.2, 0.25) is 10.0 Å². The van der Waals surface area contributed by atoms with Crippen molar-refractivity contribution in [2.24, 2.45) is 5.92 Å². The number of ether oxygens (including phenoxy) is 1. The summed E-state index contributed by atoms with van der Waals surface area (Å²) in [5, 5.41) is 0.358. The number of thioether (sulfide) groups is 1. The van der Waals surface area contributed by atoms with E-state index in [1.54, 1.807) is 25.6 Å². The number of aryl methyl sites for hydroxylation is 1. The van der Waals surface area contributed by atoms with E-state index in [0.29, 0.717) is 42.4 Å². The minimum absolute atomic E-state index is 0.123. The molecule has 9 nitrogen and oxygen atoms in total. The minimum Gasteiger partial charge on any atom is -0.382 e. The van der Waals surface area contributed by atoms with Gasteiger partial charge in [0.15, 0.2) is 22.1 Å². The van der Waals surface area contributed by atoms with Gasteiger partial charge in [0.25, 0.3) is 0 Å². The second kappa shape index (κ2) is 9.50. The fourth-order valence-electron chi connectivity index (χ4n) is 3.86. The van der Waals surface area contributed by atoms with Crippen molar-refractivity contribution in [2.75, 3.05) is 18.9 Å². The van der Waals surface area contributed by atoms with Crippen LogP contribution in [0, 0.1) is 5.92 Å². The van der Waals surface area contributed by atoms with E-state index in [2.05, 4.69) is 33.8 Å². The molecule has 3 heterocycles. The second-order valence-electron chi connectivity index (χ2n) is 8.44. The van der Waals surface area contributed by atoms with Crippen LogP contribution in [-0.2, 0) is 21.3 Å². The average Bonchev–Trinajstić information content (AvgIpc) is 3.33. The summed E-state index contributed by atoms with van der Waals surface area (Å²) < 4.78 is 34.4. The van der Waals surface area contributed by atoms with Gasteiger partial charge >= 0.3 is 0 Å². The third-order valence-corrected chi connectivity index (χ3v) is 8.83. The molecule has 0 bridgehead atoms. The van der Waals surface area contributed by atoms with Crippen molar-refractivity contribution in [1.82, 2.24) is 24.2 Å². The third kappa shape index (κ3) is 4.85. The molecule has 11 heteroatoms. The maximum absolute atomic E-state index is 11.9. The zero-order chi connectivity index (χ0) is 22.9. The molecule has 0 amide bonds. The summed E-state index contributed by atoms with van der Waals surface area (Å²) in [4.78, 5) is 14.4. The zero-order valence-corrected chi connectivity index (χ0v) is 20.2. The maximum atomic E-state index is 11.9. The number of unbranched alkanes of at least 4 members (excludes halogenated alkanes) is 1. The minimum atomic E-state index is -3.25. The molecule has 2 aromatic rings. The molecular weight excluding hydrogens is 448 g/mol. The van der Waals surface area contributed by atoms with Gasteiger partial charge in [0.1, 0.15) is 6.33 Å². The molecule has 0 aromatic carbocycles. The van der Waals surface area contributed by atoms with Gasteiger partial charge < -0.3 is 15.0 Å². The first kappa shape index (κ1) is 23.2. The molecule has 4 rings (SSSR count). The van der Waals surface area contributed by atoms with Crippen LogP contribution in [0.25, 0.3) is 11.2 Å². The Bertz CT molecular complexity index is 1160. The quantitative estimate of drug-likeness (QED) is 0.527. The molecule has 1 saturated heterocycles. The molecule has 2 aromatic heterocycles. The van der Waals surface area contributed by atoms with Crippen molar-refractivity contribution in [3.63, 3.8) is 0 Å². The van der Waals surface area contributed by atoms with Crippen LogP contribution in [0.1, 0.15) is 40.0 Å². The van der Waals surface area contributed by atoms with Crippen molar-refractivity contribution >= 4 is 38.8 Å². The van der Waals surface area contributed by atoms with Gasteiger partial charge in [-0.2, -0.15) is 0 Å². The summed E-state index contributed by atoms with van der Waals surface area (Å²) in [5.41, 5.74) is 8.56. The van der Waals surface area contributed by atoms with E-state index in [-0.39, 0.29) is 6.10 Å². The summed E-state index contributed by atoms with van der Waals surface area (Å²) >= 11 is 1.58. The number of aromatic nitrogens is 4. The third-order valence-electron chi connectivity index (χ3n) is 5.81. The number of allylic oxidation sites excluding steroid dienone is 1. The lowest BCUT2D eigenvalue weighted by Gasteiger charge is -2.21. The van der Waals surface area contributed by atoms with Crippen LogP contribution in [0.3, 0.4) is 0 Å². The van der Waals surface area contributed by atoms with E-state index in [0.717, 1.165) is 29.5 Å². The van der Waals surface area contributed by atoms with Crippen molar-refractivity contribution in [3.05, 3.63) is 29.0 Å². The molecule has 1 aliphatic carbocycles. The number of rotatable bonds is 9. The summed E-state index contributed by atoms with van der Waals surface area (Å²) in [5.74, 6) is 0.804. The summed E-state index contributed by atoms with van der Waals surface area (Å²) in [6.45, 7) is 7.30. The van der Waals surface area contributed by atoms with E-state index in [1.807, 2.05) is 4.57 Å². The lowest BCUT2D eigenvalue weighted by molar-refractivity contribution is 0.134. The number of nitrogens with zero attached hydrogens (tertiary/aromatic N) is 4. The first-order chi connectivity index (χ1) is 15.3. The van der Waals surface area contributed by atoms with E-state index < -0.39 is 15.3 Å². The normalized spacial score (nSPS) is 21.1. The van der Waals surface area contributed by atoms with Crippen molar-refractivity contribution in [1.29, 1.82) is 0 Å². The molecule has 2 atom stereocenters. The highest BCUT2D eigenvalue weighted by atomic mass is 32.2. The monoisotopic (exact) mass is 478 g/mol. The Kier molecular flexibility index (Phi) is 6.89. The number of fused-ring (bicyclic) bond motifs is 2. The SMILES string of the molecule is CC1=CC2CCOC2C=C1Sc1nc2c(N)ncnc2n1CCCCNS(=O)(=O)C(C)C. The van der Waals surface area contributed by atoms with Crippen LogP contribution in [0.4, 0.5) is 5.82 Å². The average molecular weight is 479 g/mol. The van der Waals surface area contributed by atoms with E-state index >= 15 is 0 Å². The number of imidazole rings is 1. The van der Waals surface area contributed by atoms with Gasteiger partial charge in [-0.15, -0.1) is 0 Å². The summed E-state index contributed by atoms with van der Waals surface area (Å²) in [7, 11) is -3.25. The van der Waals surface area contributed by atoms with Crippen LogP contribution in [-0.4, -0.2) is 52.4 Å². The Hall–Kier alpha value is -1.95. The highest BCUT2D eigenvalue weighted by Crippen LogP contribution is 2.40. The van der Waals surface area contributed by atoms with Crippen LogP contribution >= 0.6 is 11.8 Å². The Morgan fingerprint density at radius 2 is 2.12 bits per heavy atom. The molecule has 0 spiro atoms. The predicted molar refractivity (Wildman–Crippen MR) is 127 cm³/mol. The molecule has 2 aliphatic rings. The zero-order valence-electron chi connectivity index (χ0n) is 18.6. The number of hydrogen-bond acceptors (Lipinski definition) is 8. The number of hydrogen-bond donors (Lipinski definition) is 2. The smallest absolute Gasteiger partial charge is 0.213 e. The number of nitrogens with two attached hydrogens (primary N) is 1. The van der Waals surface area contributed by atoms with Gasteiger partial charge in [-0.3, -0.25) is 0 Å².